The molecule has 0 bridgehead atoms. The number of imidazole rings is 1. The number of fused-ring (bicyclic) bond motifs is 1. The number of rotatable bonds is 6. The number of carbonyl (C=O) groups is 1. The molecule has 4 aromatic rings. The molecule has 1 amide bonds. The second-order valence-corrected chi connectivity index (χ2v) is 9.93. The van der Waals surface area contributed by atoms with Crippen LogP contribution in [-0.2, 0) is 6.18 Å². The van der Waals surface area contributed by atoms with Crippen LogP contribution in [0.2, 0.25) is 0 Å². The number of hydrogen-bond acceptors (Lipinski definition) is 5. The van der Waals surface area contributed by atoms with E-state index in [1.165, 1.54) is 11.1 Å². The summed E-state index contributed by atoms with van der Waals surface area (Å²) in [6, 6.07) is 13.5. The molecular weight excluding hydrogens is 524 g/mol. The lowest BCUT2D eigenvalue weighted by Gasteiger charge is -2.21. The molecule has 40 heavy (non-hydrogen) atoms. The average Bonchev–Trinajstić information content (AvgIpc) is 3.51. The van der Waals surface area contributed by atoms with Gasteiger partial charge >= 0.3 is 6.18 Å². The Morgan fingerprint density at radius 2 is 1.85 bits per heavy atom. The molecular formula is C29H28F4N6O. The minimum Gasteiger partial charge on any atom is -0.318 e. The molecule has 0 saturated carbocycles. The number of halogens is 4. The van der Waals surface area contributed by atoms with Gasteiger partial charge < -0.3 is 15.2 Å². The van der Waals surface area contributed by atoms with Gasteiger partial charge in [0.1, 0.15) is 23.0 Å². The highest BCUT2D eigenvalue weighted by Gasteiger charge is 2.37. The van der Waals surface area contributed by atoms with Crippen molar-refractivity contribution >= 4 is 17.4 Å². The second kappa shape index (κ2) is 10.4. The van der Waals surface area contributed by atoms with Crippen LogP contribution in [0, 0.1) is 5.82 Å². The van der Waals surface area contributed by atoms with Crippen molar-refractivity contribution in [2.45, 2.75) is 25.2 Å². The summed E-state index contributed by atoms with van der Waals surface area (Å²) < 4.78 is 58.3. The monoisotopic (exact) mass is 552 g/mol. The van der Waals surface area contributed by atoms with Gasteiger partial charge in [-0.3, -0.25) is 9.20 Å². The molecule has 7 nitrogen and oxygen atoms in total. The number of aromatic nitrogens is 2. The van der Waals surface area contributed by atoms with Crippen molar-refractivity contribution < 1.29 is 22.4 Å². The third kappa shape index (κ3) is 5.17. The number of amides is 1. The van der Waals surface area contributed by atoms with E-state index in [-0.39, 0.29) is 17.4 Å². The van der Waals surface area contributed by atoms with Crippen molar-refractivity contribution in [3.63, 3.8) is 0 Å². The molecule has 0 fully saturated rings. The lowest BCUT2D eigenvalue weighted by molar-refractivity contribution is -0.138. The molecule has 0 saturated heterocycles. The molecule has 2 aromatic heterocycles. The van der Waals surface area contributed by atoms with Gasteiger partial charge in [-0.1, -0.05) is 30.3 Å². The highest BCUT2D eigenvalue weighted by atomic mass is 19.4. The zero-order valence-corrected chi connectivity index (χ0v) is 22.3. The van der Waals surface area contributed by atoms with Crippen LogP contribution < -0.4 is 10.7 Å². The van der Waals surface area contributed by atoms with Crippen LogP contribution in [-0.4, -0.2) is 46.3 Å². The summed E-state index contributed by atoms with van der Waals surface area (Å²) >= 11 is 0. The quantitative estimate of drug-likeness (QED) is 0.286. The van der Waals surface area contributed by atoms with E-state index in [2.05, 4.69) is 10.7 Å². The number of anilines is 1. The first-order valence-electron chi connectivity index (χ1n) is 12.6. The highest BCUT2D eigenvalue weighted by Crippen LogP contribution is 2.38. The number of pyridine rings is 1. The topological polar surface area (TPSA) is 64.9 Å². The molecule has 2 atom stereocenters. The fourth-order valence-electron chi connectivity index (χ4n) is 4.67. The normalized spacial score (nSPS) is 16.2. The minimum absolute atomic E-state index is 0.0943. The first-order valence-corrected chi connectivity index (χ1v) is 12.6. The Balaban J connectivity index is 1.60. The van der Waals surface area contributed by atoms with E-state index in [4.69, 9.17) is 4.98 Å². The summed E-state index contributed by atoms with van der Waals surface area (Å²) in [5, 5.41) is 4.22. The summed E-state index contributed by atoms with van der Waals surface area (Å²) in [5.41, 5.74) is 3.62. The van der Waals surface area contributed by atoms with Crippen molar-refractivity contribution in [3.8, 4) is 11.3 Å². The zero-order valence-electron chi connectivity index (χ0n) is 22.3. The second-order valence-electron chi connectivity index (χ2n) is 9.93. The smallest absolute Gasteiger partial charge is 0.318 e. The van der Waals surface area contributed by atoms with E-state index in [9.17, 15) is 18.0 Å². The highest BCUT2D eigenvalue weighted by molar-refractivity contribution is 6.06. The van der Waals surface area contributed by atoms with E-state index in [1.807, 2.05) is 68.4 Å². The van der Waals surface area contributed by atoms with E-state index in [0.29, 0.717) is 23.0 Å². The number of nitrogens with one attached hydrogen (secondary N) is 2. The molecule has 208 valence electrons. The predicted molar refractivity (Wildman–Crippen MR) is 145 cm³/mol. The third-order valence-corrected chi connectivity index (χ3v) is 7.06. The van der Waals surface area contributed by atoms with Gasteiger partial charge in [-0.05, 0) is 62.5 Å². The van der Waals surface area contributed by atoms with Crippen molar-refractivity contribution in [2.75, 3.05) is 26.5 Å². The maximum Gasteiger partial charge on any atom is 0.416 e. The van der Waals surface area contributed by atoms with Crippen molar-refractivity contribution in [1.29, 1.82) is 0 Å². The maximum absolute atomic E-state index is 15.1. The van der Waals surface area contributed by atoms with Gasteiger partial charge in [-0.15, -0.1) is 0 Å². The summed E-state index contributed by atoms with van der Waals surface area (Å²) in [4.78, 5) is 20.3. The Morgan fingerprint density at radius 1 is 1.12 bits per heavy atom. The molecule has 11 heteroatoms. The molecule has 1 aliphatic rings. The van der Waals surface area contributed by atoms with Gasteiger partial charge in [0.15, 0.2) is 0 Å². The Hall–Kier alpha value is -4.22. The number of benzene rings is 2. The predicted octanol–water partition coefficient (Wildman–Crippen LogP) is 6.04. The van der Waals surface area contributed by atoms with E-state index in [1.54, 1.807) is 23.8 Å². The zero-order chi connectivity index (χ0) is 28.8. The van der Waals surface area contributed by atoms with Crippen molar-refractivity contribution in [2.24, 2.45) is 0 Å². The largest absolute Gasteiger partial charge is 0.416 e. The number of hydrazine groups is 1. The molecule has 3 heterocycles. The summed E-state index contributed by atoms with van der Waals surface area (Å²) in [6.45, 7) is 2.05. The Kier molecular flexibility index (Phi) is 7.11. The summed E-state index contributed by atoms with van der Waals surface area (Å²) in [7, 11) is 5.55. The van der Waals surface area contributed by atoms with Gasteiger partial charge in [-0.25, -0.2) is 14.8 Å². The van der Waals surface area contributed by atoms with E-state index in [0.717, 1.165) is 11.6 Å². The summed E-state index contributed by atoms with van der Waals surface area (Å²) in [5.74, 6) is -1.90. The van der Waals surface area contributed by atoms with E-state index >= 15 is 4.39 Å². The van der Waals surface area contributed by atoms with Gasteiger partial charge in [-0.2, -0.15) is 13.2 Å². The third-order valence-electron chi connectivity index (χ3n) is 7.06. The fourth-order valence-corrected chi connectivity index (χ4v) is 4.67. The maximum atomic E-state index is 15.1. The minimum atomic E-state index is -4.81. The van der Waals surface area contributed by atoms with Crippen LogP contribution in [0.15, 0.2) is 73.1 Å². The number of alkyl halides is 3. The van der Waals surface area contributed by atoms with Gasteiger partial charge in [0, 0.05) is 31.0 Å². The molecule has 2 N–H and O–H groups in total. The van der Waals surface area contributed by atoms with E-state index < -0.39 is 35.1 Å². The lowest BCUT2D eigenvalue weighted by Crippen LogP contribution is -2.29. The number of carbonyl (C=O) groups excluding carboxylic acids is 1. The average molecular weight is 553 g/mol. The molecule has 0 spiro atoms. The molecule has 0 radical (unpaired) electrons. The van der Waals surface area contributed by atoms with Crippen LogP contribution in [0.5, 0.6) is 0 Å². The SMILES string of the molecule is CC(c1ccn2c(NC(=O)c3cc(C4C=CN(C)N4)c(C(F)(F)F)cc3F)c(-c3ccccc3)nc2c1)N(C)C. The first-order chi connectivity index (χ1) is 18.9. The van der Waals surface area contributed by atoms with Crippen LogP contribution >= 0.6 is 0 Å². The molecule has 1 aliphatic heterocycles. The Morgan fingerprint density at radius 3 is 2.48 bits per heavy atom. The Labute approximate surface area is 228 Å². The summed E-state index contributed by atoms with van der Waals surface area (Å²) in [6.07, 6.45) is 0.0150. The van der Waals surface area contributed by atoms with Gasteiger partial charge in [0.05, 0.1) is 17.2 Å². The first kappa shape index (κ1) is 27.4. The molecule has 2 aromatic carbocycles. The molecule has 2 unspecified atom stereocenters. The van der Waals surface area contributed by atoms with Crippen LogP contribution in [0.1, 0.15) is 46.1 Å². The van der Waals surface area contributed by atoms with Gasteiger partial charge in [0.2, 0.25) is 0 Å². The van der Waals surface area contributed by atoms with Crippen LogP contribution in [0.4, 0.5) is 23.4 Å². The lowest BCUT2D eigenvalue weighted by atomic mass is 9.96. The Bertz CT molecular complexity index is 1600. The number of hydrogen-bond donors (Lipinski definition) is 2. The van der Waals surface area contributed by atoms with Gasteiger partial charge in [0.25, 0.3) is 5.91 Å². The van der Waals surface area contributed by atoms with Crippen molar-refractivity contribution in [3.05, 3.63) is 101 Å². The van der Waals surface area contributed by atoms with Crippen LogP contribution in [0.3, 0.4) is 0 Å². The number of nitrogens with zero attached hydrogens (tertiary/aromatic N) is 4. The van der Waals surface area contributed by atoms with Crippen LogP contribution in [0.25, 0.3) is 16.9 Å². The molecule has 0 aliphatic carbocycles. The van der Waals surface area contributed by atoms with Crippen molar-refractivity contribution in [1.82, 2.24) is 24.7 Å². The fraction of sp³-hybridized carbons (Fsp3) is 0.241. The molecule has 5 rings (SSSR count). The standard InChI is InChI=1S/C29H28F4N6O/c1-17(37(2)3)19-10-13-39-25(14-19)34-26(18-8-6-5-7-9-18)27(39)35-28(40)21-15-20(24-11-12-38(4)36-24)22(16-23(21)30)29(31,32)33/h5-17,24,36H,1-4H3,(H,35,40).